The summed E-state index contributed by atoms with van der Waals surface area (Å²) >= 11 is 0. The Balaban J connectivity index is 2.05. The second kappa shape index (κ2) is 5.37. The number of hydrogen-bond donors (Lipinski definition) is 2. The van der Waals surface area contributed by atoms with Gasteiger partial charge in [-0.25, -0.2) is 18.1 Å². The van der Waals surface area contributed by atoms with E-state index in [9.17, 15) is 12.8 Å². The molecule has 0 amide bonds. The predicted molar refractivity (Wildman–Crippen MR) is 66.5 cm³/mol. The highest BCUT2D eigenvalue weighted by Crippen LogP contribution is 2.14. The molecule has 8 heteroatoms. The maximum absolute atomic E-state index is 12.8. The number of pyridine rings is 1. The molecule has 0 aliphatic rings. The minimum Gasteiger partial charge on any atom is -0.446 e. The van der Waals surface area contributed by atoms with Gasteiger partial charge in [-0.05, 0) is 31.3 Å². The molecule has 2 aromatic heterocycles. The number of nitrogens with one attached hydrogen (secondary N) is 2. The third kappa shape index (κ3) is 3.30. The van der Waals surface area contributed by atoms with Crippen LogP contribution in [0.25, 0.3) is 0 Å². The molecule has 0 radical (unpaired) electrons. The van der Waals surface area contributed by atoms with Crippen LogP contribution in [0.4, 0.5) is 10.2 Å². The fourth-order valence-corrected chi connectivity index (χ4v) is 2.05. The Morgan fingerprint density at radius 3 is 2.79 bits per heavy atom. The molecule has 0 aromatic carbocycles. The highest BCUT2D eigenvalue weighted by atomic mass is 32.2. The summed E-state index contributed by atoms with van der Waals surface area (Å²) in [5.74, 6) is 0.150. The van der Waals surface area contributed by atoms with Crippen molar-refractivity contribution in [3.8, 4) is 0 Å². The van der Waals surface area contributed by atoms with Gasteiger partial charge in [0.1, 0.15) is 11.6 Å². The van der Waals surface area contributed by atoms with Gasteiger partial charge in [0, 0.05) is 0 Å². The largest absolute Gasteiger partial charge is 0.446 e. The molecule has 2 aromatic rings. The van der Waals surface area contributed by atoms with Gasteiger partial charge in [-0.15, -0.1) is 0 Å². The van der Waals surface area contributed by atoms with Gasteiger partial charge in [0.05, 0.1) is 6.54 Å². The first-order valence-corrected chi connectivity index (χ1v) is 6.88. The lowest BCUT2D eigenvalue weighted by Crippen LogP contribution is -2.17. The Morgan fingerprint density at radius 2 is 2.11 bits per heavy atom. The van der Waals surface area contributed by atoms with E-state index in [0.717, 1.165) is 0 Å². The summed E-state index contributed by atoms with van der Waals surface area (Å²) in [5.41, 5.74) is 0. The zero-order valence-corrected chi connectivity index (χ0v) is 10.9. The van der Waals surface area contributed by atoms with Crippen molar-refractivity contribution in [2.45, 2.75) is 11.6 Å². The maximum Gasteiger partial charge on any atom is 0.273 e. The van der Waals surface area contributed by atoms with Crippen molar-refractivity contribution < 1.29 is 17.2 Å². The van der Waals surface area contributed by atoms with Crippen LogP contribution in [0, 0.1) is 5.95 Å². The summed E-state index contributed by atoms with van der Waals surface area (Å²) in [6.45, 7) is 0.204. The monoisotopic (exact) mass is 285 g/mol. The van der Waals surface area contributed by atoms with Crippen LogP contribution in [0.2, 0.25) is 0 Å². The number of anilines is 1. The SMILES string of the molecule is CNS(=O)(=O)c1ccc(CNc2cccc(F)n2)o1. The molecule has 102 valence electrons. The van der Waals surface area contributed by atoms with E-state index < -0.39 is 16.0 Å². The van der Waals surface area contributed by atoms with Crippen LogP contribution in [0.15, 0.2) is 39.8 Å². The number of sulfonamides is 1. The van der Waals surface area contributed by atoms with Crippen LogP contribution in [0.5, 0.6) is 0 Å². The first-order chi connectivity index (χ1) is 9.01. The lowest BCUT2D eigenvalue weighted by atomic mass is 10.4. The summed E-state index contributed by atoms with van der Waals surface area (Å²) in [5, 5.41) is 2.66. The number of nitrogens with zero attached hydrogens (tertiary/aromatic N) is 1. The van der Waals surface area contributed by atoms with Gasteiger partial charge in [-0.2, -0.15) is 4.39 Å². The van der Waals surface area contributed by atoms with E-state index in [1.807, 2.05) is 0 Å². The fraction of sp³-hybridized carbons (Fsp3) is 0.182. The van der Waals surface area contributed by atoms with Gasteiger partial charge >= 0.3 is 0 Å². The maximum atomic E-state index is 12.8. The standard InChI is InChI=1S/C11H12FN3O3S/c1-13-19(16,17)11-6-5-8(18-11)7-14-10-4-2-3-9(12)15-10/h2-6,13H,7H2,1H3,(H,14,15). The Bertz CT molecular complexity index is 669. The summed E-state index contributed by atoms with van der Waals surface area (Å²) in [6.07, 6.45) is 0. The van der Waals surface area contributed by atoms with Crippen molar-refractivity contribution >= 4 is 15.8 Å². The molecule has 0 spiro atoms. The summed E-state index contributed by atoms with van der Waals surface area (Å²) < 4.78 is 43.0. The topological polar surface area (TPSA) is 84.2 Å². The summed E-state index contributed by atoms with van der Waals surface area (Å²) in [4.78, 5) is 3.61. The minimum atomic E-state index is -3.59. The molecular weight excluding hydrogens is 273 g/mol. The molecule has 2 heterocycles. The highest BCUT2D eigenvalue weighted by Gasteiger charge is 2.16. The molecule has 6 nitrogen and oxygen atoms in total. The number of hydrogen-bond acceptors (Lipinski definition) is 5. The highest BCUT2D eigenvalue weighted by molar-refractivity contribution is 7.89. The molecule has 0 saturated heterocycles. The quantitative estimate of drug-likeness (QED) is 0.810. The average molecular weight is 285 g/mol. The molecule has 0 bridgehead atoms. The van der Waals surface area contributed by atoms with E-state index in [1.54, 1.807) is 6.07 Å². The third-order valence-electron chi connectivity index (χ3n) is 2.33. The van der Waals surface area contributed by atoms with Crippen molar-refractivity contribution in [3.63, 3.8) is 0 Å². The number of halogens is 1. The molecule has 0 fully saturated rings. The van der Waals surface area contributed by atoms with Gasteiger partial charge in [-0.1, -0.05) is 6.07 Å². The van der Waals surface area contributed by atoms with E-state index in [4.69, 9.17) is 4.42 Å². The van der Waals surface area contributed by atoms with Crippen LogP contribution < -0.4 is 10.0 Å². The van der Waals surface area contributed by atoms with E-state index >= 15 is 0 Å². The van der Waals surface area contributed by atoms with Gasteiger partial charge in [0.25, 0.3) is 10.0 Å². The van der Waals surface area contributed by atoms with Gasteiger partial charge in [0.2, 0.25) is 11.0 Å². The van der Waals surface area contributed by atoms with Crippen molar-refractivity contribution in [1.29, 1.82) is 0 Å². The second-order valence-electron chi connectivity index (χ2n) is 3.63. The molecular formula is C11H12FN3O3S. The van der Waals surface area contributed by atoms with Gasteiger partial charge < -0.3 is 9.73 Å². The average Bonchev–Trinajstić information content (AvgIpc) is 2.86. The lowest BCUT2D eigenvalue weighted by molar-refractivity contribution is 0.417. The van der Waals surface area contributed by atoms with Crippen molar-refractivity contribution in [3.05, 3.63) is 42.0 Å². The van der Waals surface area contributed by atoms with E-state index in [-0.39, 0.29) is 11.6 Å². The first-order valence-electron chi connectivity index (χ1n) is 5.40. The minimum absolute atomic E-state index is 0.168. The van der Waals surface area contributed by atoms with Crippen molar-refractivity contribution in [2.24, 2.45) is 0 Å². The molecule has 0 atom stereocenters. The van der Waals surface area contributed by atoms with E-state index in [0.29, 0.717) is 11.6 Å². The smallest absolute Gasteiger partial charge is 0.273 e. The Kier molecular flexibility index (Phi) is 3.82. The summed E-state index contributed by atoms with van der Waals surface area (Å²) in [6, 6.07) is 7.22. The predicted octanol–water partition coefficient (Wildman–Crippen LogP) is 1.33. The zero-order valence-electron chi connectivity index (χ0n) is 10.1. The molecule has 0 aliphatic carbocycles. The molecule has 19 heavy (non-hydrogen) atoms. The van der Waals surface area contributed by atoms with E-state index in [2.05, 4.69) is 15.0 Å². The number of rotatable bonds is 5. The van der Waals surface area contributed by atoms with E-state index in [1.165, 1.54) is 31.3 Å². The van der Waals surface area contributed by atoms with Crippen molar-refractivity contribution in [1.82, 2.24) is 9.71 Å². The van der Waals surface area contributed by atoms with Gasteiger partial charge in [0.15, 0.2) is 0 Å². The number of furan rings is 1. The van der Waals surface area contributed by atoms with Crippen LogP contribution >= 0.6 is 0 Å². The second-order valence-corrected chi connectivity index (χ2v) is 5.44. The molecule has 2 rings (SSSR count). The number of aromatic nitrogens is 1. The fourth-order valence-electron chi connectivity index (χ4n) is 1.38. The van der Waals surface area contributed by atoms with Crippen molar-refractivity contribution in [2.75, 3.05) is 12.4 Å². The Labute approximate surface area is 109 Å². The Hall–Kier alpha value is -1.93. The normalized spacial score (nSPS) is 11.5. The molecule has 0 aliphatic heterocycles. The van der Waals surface area contributed by atoms with Gasteiger partial charge in [-0.3, -0.25) is 0 Å². The first kappa shape index (κ1) is 13.5. The Morgan fingerprint density at radius 1 is 1.32 bits per heavy atom. The van der Waals surface area contributed by atoms with Crippen LogP contribution in [-0.2, 0) is 16.6 Å². The zero-order chi connectivity index (χ0) is 13.9. The molecule has 0 unspecified atom stereocenters. The van der Waals surface area contributed by atoms with Crippen LogP contribution in [-0.4, -0.2) is 20.4 Å². The summed E-state index contributed by atoms with van der Waals surface area (Å²) in [7, 11) is -2.29. The van der Waals surface area contributed by atoms with Crippen LogP contribution in [0.1, 0.15) is 5.76 Å². The molecule has 0 saturated carbocycles. The third-order valence-corrected chi connectivity index (χ3v) is 3.62. The lowest BCUT2D eigenvalue weighted by Gasteiger charge is -2.03. The molecule has 2 N–H and O–H groups in total. The van der Waals surface area contributed by atoms with Crippen LogP contribution in [0.3, 0.4) is 0 Å².